The minimum atomic E-state index is -0.613. The van der Waals surface area contributed by atoms with E-state index < -0.39 is 5.41 Å². The molecule has 2 aliphatic rings. The molecule has 0 spiro atoms. The van der Waals surface area contributed by atoms with E-state index in [0.717, 1.165) is 42.5 Å². The molecule has 132 valence electrons. The van der Waals surface area contributed by atoms with Crippen LogP contribution in [0.2, 0.25) is 0 Å². The van der Waals surface area contributed by atoms with Gasteiger partial charge in [-0.2, -0.15) is 0 Å². The quantitative estimate of drug-likeness (QED) is 0.713. The summed E-state index contributed by atoms with van der Waals surface area (Å²) in [5, 5.41) is 22.2. The van der Waals surface area contributed by atoms with E-state index in [1.54, 1.807) is 6.07 Å². The number of phenolic OH excluding ortho intramolecular Hbond substituents is 2. The molecule has 0 heterocycles. The molecular formula is C22H21NO3. The second-order valence-corrected chi connectivity index (χ2v) is 6.96. The third kappa shape index (κ3) is 2.99. The Morgan fingerprint density at radius 1 is 0.962 bits per heavy atom. The summed E-state index contributed by atoms with van der Waals surface area (Å²) in [7, 11) is 0. The van der Waals surface area contributed by atoms with Gasteiger partial charge in [0.05, 0.1) is 5.41 Å². The molecule has 0 atom stereocenters. The van der Waals surface area contributed by atoms with Gasteiger partial charge in [-0.25, -0.2) is 0 Å². The number of amides is 1. The van der Waals surface area contributed by atoms with Gasteiger partial charge in [0.2, 0.25) is 5.91 Å². The van der Waals surface area contributed by atoms with Gasteiger partial charge in [-0.3, -0.25) is 4.79 Å². The topological polar surface area (TPSA) is 69.6 Å². The second kappa shape index (κ2) is 6.37. The summed E-state index contributed by atoms with van der Waals surface area (Å²) < 4.78 is 0. The number of hydrogen-bond acceptors (Lipinski definition) is 3. The minimum absolute atomic E-state index is 0.0767. The van der Waals surface area contributed by atoms with Gasteiger partial charge in [0.25, 0.3) is 0 Å². The first-order chi connectivity index (χ1) is 12.6. The molecule has 0 saturated heterocycles. The number of carbonyl (C=O) groups is 1. The lowest BCUT2D eigenvalue weighted by atomic mass is 9.94. The van der Waals surface area contributed by atoms with E-state index in [1.807, 2.05) is 24.3 Å². The van der Waals surface area contributed by atoms with Gasteiger partial charge >= 0.3 is 0 Å². The number of rotatable bonds is 4. The Bertz CT molecular complexity index is 905. The lowest BCUT2D eigenvalue weighted by Crippen LogP contribution is -2.27. The van der Waals surface area contributed by atoms with Crippen molar-refractivity contribution in [2.45, 2.75) is 31.1 Å². The van der Waals surface area contributed by atoms with Gasteiger partial charge in [-0.05, 0) is 66.6 Å². The molecule has 1 amide bonds. The maximum Gasteiger partial charge on any atom is 0.235 e. The van der Waals surface area contributed by atoms with Crippen LogP contribution < -0.4 is 5.32 Å². The van der Waals surface area contributed by atoms with Crippen LogP contribution in [0.1, 0.15) is 36.8 Å². The van der Waals surface area contributed by atoms with Crippen molar-refractivity contribution < 1.29 is 15.0 Å². The van der Waals surface area contributed by atoms with Crippen LogP contribution in [0.15, 0.2) is 60.7 Å². The molecule has 4 rings (SSSR count). The number of hydrogen-bond donors (Lipinski definition) is 3. The Hall–Kier alpha value is -3.01. The van der Waals surface area contributed by atoms with Gasteiger partial charge < -0.3 is 15.5 Å². The van der Waals surface area contributed by atoms with Gasteiger partial charge in [-0.1, -0.05) is 36.4 Å². The highest BCUT2D eigenvalue weighted by molar-refractivity contribution is 6.01. The number of phenols is 2. The Kier molecular flexibility index (Phi) is 4.03. The fraction of sp³-hybridized carbons (Fsp3) is 0.227. The SMILES string of the molecule is O=C(Nc1ccc(C2=CCCC=C2)cc1)C1(c2ccc(O)c(O)c2)CC1. The van der Waals surface area contributed by atoms with Crippen molar-refractivity contribution in [1.82, 2.24) is 0 Å². The molecule has 0 unspecified atom stereocenters. The highest BCUT2D eigenvalue weighted by atomic mass is 16.3. The van der Waals surface area contributed by atoms with Crippen LogP contribution in [0.5, 0.6) is 11.5 Å². The van der Waals surface area contributed by atoms with Crippen molar-refractivity contribution in [3.63, 3.8) is 0 Å². The van der Waals surface area contributed by atoms with E-state index in [9.17, 15) is 15.0 Å². The lowest BCUT2D eigenvalue weighted by Gasteiger charge is -2.17. The first-order valence-corrected chi connectivity index (χ1v) is 8.90. The average Bonchev–Trinajstić information content (AvgIpc) is 3.47. The molecule has 4 nitrogen and oxygen atoms in total. The third-order valence-corrected chi connectivity index (χ3v) is 5.18. The maximum atomic E-state index is 12.8. The number of nitrogens with one attached hydrogen (secondary N) is 1. The summed E-state index contributed by atoms with van der Waals surface area (Å²) in [4.78, 5) is 12.8. The number of benzene rings is 2. The van der Waals surface area contributed by atoms with Gasteiger partial charge in [0, 0.05) is 5.69 Å². The second-order valence-electron chi connectivity index (χ2n) is 6.96. The molecular weight excluding hydrogens is 326 g/mol. The molecule has 3 N–H and O–H groups in total. The highest BCUT2D eigenvalue weighted by Gasteiger charge is 2.51. The highest BCUT2D eigenvalue weighted by Crippen LogP contribution is 2.50. The number of carbonyl (C=O) groups excluding carboxylic acids is 1. The van der Waals surface area contributed by atoms with Crippen molar-refractivity contribution in [2.24, 2.45) is 0 Å². The third-order valence-electron chi connectivity index (χ3n) is 5.18. The van der Waals surface area contributed by atoms with Crippen molar-refractivity contribution in [3.05, 3.63) is 71.8 Å². The number of aromatic hydroxyl groups is 2. The summed E-state index contributed by atoms with van der Waals surface area (Å²) in [6.07, 6.45) is 10.2. The summed E-state index contributed by atoms with van der Waals surface area (Å²) in [6, 6.07) is 12.5. The van der Waals surface area contributed by atoms with Gasteiger partial charge in [-0.15, -0.1) is 0 Å². The van der Waals surface area contributed by atoms with Gasteiger partial charge in [0.15, 0.2) is 11.5 Å². The van der Waals surface area contributed by atoms with E-state index in [0.29, 0.717) is 0 Å². The summed E-state index contributed by atoms with van der Waals surface area (Å²) >= 11 is 0. The van der Waals surface area contributed by atoms with Crippen molar-refractivity contribution in [1.29, 1.82) is 0 Å². The zero-order valence-electron chi connectivity index (χ0n) is 14.4. The molecule has 2 aliphatic carbocycles. The first kappa shape index (κ1) is 16.5. The summed E-state index contributed by atoms with van der Waals surface area (Å²) in [6.45, 7) is 0. The molecule has 2 aromatic rings. The Balaban J connectivity index is 1.50. The zero-order valence-corrected chi connectivity index (χ0v) is 14.4. The molecule has 4 heteroatoms. The van der Waals surface area contributed by atoms with Crippen molar-refractivity contribution in [2.75, 3.05) is 5.32 Å². The number of allylic oxidation sites excluding steroid dienone is 4. The molecule has 0 bridgehead atoms. The fourth-order valence-electron chi connectivity index (χ4n) is 3.42. The van der Waals surface area contributed by atoms with E-state index in [-0.39, 0.29) is 17.4 Å². The van der Waals surface area contributed by atoms with Crippen LogP contribution in [0.4, 0.5) is 5.69 Å². The van der Waals surface area contributed by atoms with Crippen LogP contribution in [-0.2, 0) is 10.2 Å². The van der Waals surface area contributed by atoms with Gasteiger partial charge in [0.1, 0.15) is 0 Å². The monoisotopic (exact) mass is 347 g/mol. The van der Waals surface area contributed by atoms with Crippen LogP contribution in [0.25, 0.3) is 5.57 Å². The Morgan fingerprint density at radius 2 is 1.73 bits per heavy atom. The standard InChI is InChI=1S/C22H21NO3/c24-19-11-8-17(14-20(19)25)22(12-13-22)21(26)23-18-9-6-16(7-10-18)15-4-2-1-3-5-15/h2,4-11,14,24-25H,1,3,12-13H2,(H,23,26). The molecule has 0 aliphatic heterocycles. The average molecular weight is 347 g/mol. The maximum absolute atomic E-state index is 12.8. The van der Waals surface area contributed by atoms with Crippen LogP contribution >= 0.6 is 0 Å². The summed E-state index contributed by atoms with van der Waals surface area (Å²) in [5.74, 6) is -0.446. The molecule has 0 radical (unpaired) electrons. The van der Waals surface area contributed by atoms with Crippen LogP contribution in [0.3, 0.4) is 0 Å². The molecule has 2 aromatic carbocycles. The summed E-state index contributed by atoms with van der Waals surface area (Å²) in [5.41, 5.74) is 3.24. The number of anilines is 1. The molecule has 1 saturated carbocycles. The van der Waals surface area contributed by atoms with Crippen molar-refractivity contribution >= 4 is 17.2 Å². The lowest BCUT2D eigenvalue weighted by molar-refractivity contribution is -0.118. The Morgan fingerprint density at radius 3 is 2.35 bits per heavy atom. The van der Waals surface area contributed by atoms with Crippen molar-refractivity contribution in [3.8, 4) is 11.5 Å². The predicted molar refractivity (Wildman–Crippen MR) is 102 cm³/mol. The molecule has 0 aromatic heterocycles. The van der Waals surface area contributed by atoms with E-state index >= 15 is 0 Å². The fourth-order valence-corrected chi connectivity index (χ4v) is 3.42. The molecule has 26 heavy (non-hydrogen) atoms. The zero-order chi connectivity index (χ0) is 18.1. The first-order valence-electron chi connectivity index (χ1n) is 8.90. The van der Waals surface area contributed by atoms with E-state index in [2.05, 4.69) is 23.5 Å². The largest absolute Gasteiger partial charge is 0.504 e. The van der Waals surface area contributed by atoms with E-state index in [1.165, 1.54) is 17.7 Å². The van der Waals surface area contributed by atoms with Crippen LogP contribution in [-0.4, -0.2) is 16.1 Å². The predicted octanol–water partition coefficient (Wildman–Crippen LogP) is 4.50. The minimum Gasteiger partial charge on any atom is -0.504 e. The van der Waals surface area contributed by atoms with E-state index in [4.69, 9.17) is 0 Å². The smallest absolute Gasteiger partial charge is 0.235 e. The normalized spacial score (nSPS) is 17.5. The van der Waals surface area contributed by atoms with Crippen LogP contribution in [0, 0.1) is 0 Å². The molecule has 1 fully saturated rings. The Labute approximate surface area is 152 Å².